The third kappa shape index (κ3) is 6.83. The number of anilines is 1. The predicted molar refractivity (Wildman–Crippen MR) is 121 cm³/mol. The lowest BCUT2D eigenvalue weighted by Crippen LogP contribution is -2.40. The number of carbonyl (C=O) groups is 2. The van der Waals surface area contributed by atoms with Gasteiger partial charge in [0.15, 0.2) is 0 Å². The fraction of sp³-hybridized carbons (Fsp3) is 0.680. The van der Waals surface area contributed by atoms with Crippen LogP contribution in [0.15, 0.2) is 24.3 Å². The maximum absolute atomic E-state index is 12.7. The Kier molecular flexibility index (Phi) is 7.93. The summed E-state index contributed by atoms with van der Waals surface area (Å²) in [7, 11) is 0. The van der Waals surface area contributed by atoms with Crippen LogP contribution in [0, 0.1) is 11.8 Å². The Morgan fingerprint density at radius 3 is 2.10 bits per heavy atom. The van der Waals surface area contributed by atoms with E-state index in [0.29, 0.717) is 29.7 Å². The van der Waals surface area contributed by atoms with Crippen LogP contribution in [-0.4, -0.2) is 30.1 Å². The molecule has 30 heavy (non-hydrogen) atoms. The van der Waals surface area contributed by atoms with Gasteiger partial charge in [-0.3, -0.25) is 9.59 Å². The number of amides is 2. The minimum atomic E-state index is -0.369. The fourth-order valence-corrected chi connectivity index (χ4v) is 4.64. The molecule has 0 aromatic heterocycles. The molecule has 1 heterocycles. The van der Waals surface area contributed by atoms with E-state index in [1.54, 1.807) is 24.3 Å². The highest BCUT2D eigenvalue weighted by Crippen LogP contribution is 2.35. The Bertz CT molecular complexity index is 698. The summed E-state index contributed by atoms with van der Waals surface area (Å²) in [5.41, 5.74) is 0.998. The summed E-state index contributed by atoms with van der Waals surface area (Å²) < 4.78 is 5.90. The standard InChI is InChI=1S/C25H38N2O3/c1-25(2,3)27-23(28)19-12-14-21(15-13-19)26-24(29)22-16-20(17-30-22)18-10-8-6-4-5-7-9-11-18/h12-15,18,20,22H,4-11,16-17H2,1-3H3,(H,26,29)(H,27,28). The summed E-state index contributed by atoms with van der Waals surface area (Å²) in [5.74, 6) is 1.01. The van der Waals surface area contributed by atoms with Crippen molar-refractivity contribution in [1.82, 2.24) is 5.32 Å². The predicted octanol–water partition coefficient (Wildman–Crippen LogP) is 5.31. The van der Waals surface area contributed by atoms with Crippen LogP contribution >= 0.6 is 0 Å². The minimum absolute atomic E-state index is 0.0764. The van der Waals surface area contributed by atoms with Gasteiger partial charge in [-0.2, -0.15) is 0 Å². The zero-order chi connectivity index (χ0) is 21.6. The molecule has 5 heteroatoms. The number of rotatable bonds is 4. The van der Waals surface area contributed by atoms with Crippen molar-refractivity contribution in [3.05, 3.63) is 29.8 Å². The Labute approximate surface area is 181 Å². The number of ether oxygens (including phenoxy) is 1. The number of hydrogen-bond acceptors (Lipinski definition) is 3. The molecule has 1 aromatic carbocycles. The summed E-state index contributed by atoms with van der Waals surface area (Å²) in [4.78, 5) is 25.0. The molecule has 3 rings (SSSR count). The molecule has 2 fully saturated rings. The topological polar surface area (TPSA) is 67.4 Å². The van der Waals surface area contributed by atoms with Crippen molar-refractivity contribution in [2.45, 2.75) is 90.2 Å². The zero-order valence-electron chi connectivity index (χ0n) is 18.8. The lowest BCUT2D eigenvalue weighted by atomic mass is 9.83. The van der Waals surface area contributed by atoms with Gasteiger partial charge in [-0.25, -0.2) is 0 Å². The van der Waals surface area contributed by atoms with Crippen LogP contribution < -0.4 is 10.6 Å². The minimum Gasteiger partial charge on any atom is -0.368 e. The molecular formula is C25H38N2O3. The molecule has 0 bridgehead atoms. The molecule has 0 radical (unpaired) electrons. The number of benzene rings is 1. The van der Waals surface area contributed by atoms with Crippen LogP contribution in [0.3, 0.4) is 0 Å². The van der Waals surface area contributed by atoms with Gasteiger partial charge in [0.2, 0.25) is 0 Å². The van der Waals surface area contributed by atoms with E-state index in [2.05, 4.69) is 10.6 Å². The van der Waals surface area contributed by atoms with Crippen molar-refractivity contribution in [1.29, 1.82) is 0 Å². The third-order valence-electron chi connectivity index (χ3n) is 6.29. The number of carbonyl (C=O) groups excluding carboxylic acids is 2. The third-order valence-corrected chi connectivity index (χ3v) is 6.29. The molecule has 1 aromatic rings. The van der Waals surface area contributed by atoms with Gasteiger partial charge in [0.1, 0.15) is 6.10 Å². The van der Waals surface area contributed by atoms with Gasteiger partial charge in [-0.1, -0.05) is 51.4 Å². The van der Waals surface area contributed by atoms with Crippen molar-refractivity contribution >= 4 is 17.5 Å². The lowest BCUT2D eigenvalue weighted by Gasteiger charge is -2.21. The highest BCUT2D eigenvalue weighted by molar-refractivity contribution is 5.97. The smallest absolute Gasteiger partial charge is 0.253 e. The van der Waals surface area contributed by atoms with Gasteiger partial charge in [0, 0.05) is 16.8 Å². The Balaban J connectivity index is 1.50. The highest BCUT2D eigenvalue weighted by Gasteiger charge is 2.35. The van der Waals surface area contributed by atoms with Crippen molar-refractivity contribution in [2.24, 2.45) is 11.8 Å². The van der Waals surface area contributed by atoms with Gasteiger partial charge in [-0.15, -0.1) is 0 Å². The lowest BCUT2D eigenvalue weighted by molar-refractivity contribution is -0.124. The van der Waals surface area contributed by atoms with Gasteiger partial charge in [-0.05, 0) is 63.3 Å². The average molecular weight is 415 g/mol. The van der Waals surface area contributed by atoms with Gasteiger partial charge in [0.25, 0.3) is 11.8 Å². The highest BCUT2D eigenvalue weighted by atomic mass is 16.5. The first kappa shape index (κ1) is 22.8. The van der Waals surface area contributed by atoms with E-state index in [4.69, 9.17) is 4.74 Å². The molecule has 0 spiro atoms. The molecule has 2 amide bonds. The molecule has 5 nitrogen and oxygen atoms in total. The van der Waals surface area contributed by atoms with Crippen LogP contribution in [0.5, 0.6) is 0 Å². The molecule has 1 saturated heterocycles. The van der Waals surface area contributed by atoms with E-state index in [0.717, 1.165) is 6.42 Å². The first-order valence-corrected chi connectivity index (χ1v) is 11.7. The molecular weight excluding hydrogens is 376 g/mol. The largest absolute Gasteiger partial charge is 0.368 e. The maximum atomic E-state index is 12.7. The quantitative estimate of drug-likeness (QED) is 0.702. The van der Waals surface area contributed by atoms with Gasteiger partial charge in [0.05, 0.1) is 6.61 Å². The monoisotopic (exact) mass is 414 g/mol. The zero-order valence-corrected chi connectivity index (χ0v) is 18.8. The van der Waals surface area contributed by atoms with Crippen molar-refractivity contribution < 1.29 is 14.3 Å². The van der Waals surface area contributed by atoms with E-state index in [-0.39, 0.29) is 23.5 Å². The molecule has 166 valence electrons. The van der Waals surface area contributed by atoms with E-state index >= 15 is 0 Å². The van der Waals surface area contributed by atoms with Crippen LogP contribution in [0.1, 0.15) is 88.9 Å². The molecule has 2 atom stereocenters. The van der Waals surface area contributed by atoms with Crippen LogP contribution in [0.25, 0.3) is 0 Å². The van der Waals surface area contributed by atoms with Gasteiger partial charge < -0.3 is 15.4 Å². The summed E-state index contributed by atoms with van der Waals surface area (Å²) >= 11 is 0. The Hall–Kier alpha value is -1.88. The number of nitrogens with one attached hydrogen (secondary N) is 2. The summed E-state index contributed by atoms with van der Waals surface area (Å²) in [6, 6.07) is 7.04. The SMILES string of the molecule is CC(C)(C)NC(=O)c1ccc(NC(=O)C2CC(C3CCCCCCCC3)CO2)cc1. The first-order chi connectivity index (χ1) is 14.3. The second kappa shape index (κ2) is 10.4. The summed E-state index contributed by atoms with van der Waals surface area (Å²) in [6.07, 6.45) is 11.1. The molecule has 2 aliphatic rings. The van der Waals surface area contributed by atoms with E-state index in [9.17, 15) is 9.59 Å². The number of hydrogen-bond donors (Lipinski definition) is 2. The van der Waals surface area contributed by atoms with E-state index in [1.165, 1.54) is 51.4 Å². The summed E-state index contributed by atoms with van der Waals surface area (Å²) in [6.45, 7) is 6.56. The Morgan fingerprint density at radius 2 is 1.50 bits per heavy atom. The molecule has 1 aliphatic heterocycles. The molecule has 2 unspecified atom stereocenters. The van der Waals surface area contributed by atoms with Crippen LogP contribution in [0.2, 0.25) is 0 Å². The van der Waals surface area contributed by atoms with Crippen LogP contribution in [-0.2, 0) is 9.53 Å². The molecule has 1 saturated carbocycles. The van der Waals surface area contributed by atoms with E-state index in [1.807, 2.05) is 20.8 Å². The maximum Gasteiger partial charge on any atom is 0.253 e. The summed E-state index contributed by atoms with van der Waals surface area (Å²) in [5, 5.41) is 5.90. The average Bonchev–Trinajstić information content (AvgIpc) is 3.21. The second-order valence-corrected chi connectivity index (χ2v) is 10.0. The van der Waals surface area contributed by atoms with Gasteiger partial charge >= 0.3 is 0 Å². The Morgan fingerprint density at radius 1 is 0.900 bits per heavy atom. The molecule has 1 aliphatic carbocycles. The van der Waals surface area contributed by atoms with Crippen molar-refractivity contribution in [3.8, 4) is 0 Å². The fourth-order valence-electron chi connectivity index (χ4n) is 4.64. The molecule has 2 N–H and O–H groups in total. The second-order valence-electron chi connectivity index (χ2n) is 10.0. The van der Waals surface area contributed by atoms with Crippen molar-refractivity contribution in [2.75, 3.05) is 11.9 Å². The van der Waals surface area contributed by atoms with E-state index < -0.39 is 0 Å². The van der Waals surface area contributed by atoms with Crippen LogP contribution in [0.4, 0.5) is 5.69 Å². The normalized spacial score (nSPS) is 23.8. The first-order valence-electron chi connectivity index (χ1n) is 11.7. The van der Waals surface area contributed by atoms with Crippen molar-refractivity contribution in [3.63, 3.8) is 0 Å².